The van der Waals surface area contributed by atoms with Gasteiger partial charge in [0.1, 0.15) is 11.6 Å². The Morgan fingerprint density at radius 2 is 2.10 bits per heavy atom. The summed E-state index contributed by atoms with van der Waals surface area (Å²) in [5, 5.41) is 7.69. The zero-order chi connectivity index (χ0) is 21.1. The smallest absolute Gasteiger partial charge is 0.246 e. The average Bonchev–Trinajstić information content (AvgIpc) is 3.33. The highest BCUT2D eigenvalue weighted by Gasteiger charge is 2.25. The van der Waals surface area contributed by atoms with Crippen molar-refractivity contribution < 1.29 is 4.79 Å². The SMILES string of the molecule is C=CC(=O)N1CC[C@H](Nc2cc(CN(C)C)cc(Nc3nc4ccccc4s3)n2)C1. The molecule has 1 fully saturated rings. The maximum absolute atomic E-state index is 11.9. The van der Waals surface area contributed by atoms with E-state index in [1.807, 2.05) is 37.2 Å². The van der Waals surface area contributed by atoms with Crippen molar-refractivity contribution in [1.29, 1.82) is 0 Å². The molecular weight excluding hydrogens is 396 g/mol. The molecule has 1 aliphatic heterocycles. The summed E-state index contributed by atoms with van der Waals surface area (Å²) in [5.74, 6) is 1.54. The summed E-state index contributed by atoms with van der Waals surface area (Å²) in [7, 11) is 4.09. The lowest BCUT2D eigenvalue weighted by atomic mass is 10.2. The highest BCUT2D eigenvalue weighted by atomic mass is 32.1. The van der Waals surface area contributed by atoms with E-state index in [4.69, 9.17) is 4.98 Å². The number of carbonyl (C=O) groups excluding carboxylic acids is 1. The molecule has 0 unspecified atom stereocenters. The lowest BCUT2D eigenvalue weighted by molar-refractivity contribution is -0.125. The fraction of sp³-hybridized carbons (Fsp3) is 0.318. The molecule has 1 atom stereocenters. The predicted octanol–water partition coefficient (Wildman–Crippen LogP) is 3.70. The van der Waals surface area contributed by atoms with Gasteiger partial charge in [-0.3, -0.25) is 4.79 Å². The summed E-state index contributed by atoms with van der Waals surface area (Å²) in [6.07, 6.45) is 2.26. The minimum atomic E-state index is -0.0215. The second kappa shape index (κ2) is 8.81. The molecule has 1 aliphatic rings. The number of amides is 1. The number of aromatic nitrogens is 2. The Labute approximate surface area is 180 Å². The van der Waals surface area contributed by atoms with Crippen molar-refractivity contribution in [2.75, 3.05) is 37.8 Å². The summed E-state index contributed by atoms with van der Waals surface area (Å²) < 4.78 is 1.14. The lowest BCUT2D eigenvalue weighted by Gasteiger charge is -2.18. The number of anilines is 3. The van der Waals surface area contributed by atoms with Gasteiger partial charge >= 0.3 is 0 Å². The van der Waals surface area contributed by atoms with E-state index < -0.39 is 0 Å². The standard InChI is InChI=1S/C22H26N6OS/c1-4-21(29)28-10-9-16(14-28)23-19-11-15(13-27(2)3)12-20(25-19)26-22-24-17-7-5-6-8-18(17)30-22/h4-8,11-12,16H,1,9-10,13-14H2,2-3H3,(H2,23,24,25,26)/t16-/m0/s1. The third-order valence-corrected chi connectivity index (χ3v) is 5.89. The van der Waals surface area contributed by atoms with Gasteiger partial charge in [-0.05, 0) is 56.4 Å². The van der Waals surface area contributed by atoms with Crippen molar-refractivity contribution in [3.63, 3.8) is 0 Å². The zero-order valence-corrected chi connectivity index (χ0v) is 18.1. The fourth-order valence-electron chi connectivity index (χ4n) is 3.63. The summed E-state index contributed by atoms with van der Waals surface area (Å²) >= 11 is 1.61. The van der Waals surface area contributed by atoms with Gasteiger partial charge in [0.2, 0.25) is 5.91 Å². The first-order valence-corrected chi connectivity index (χ1v) is 10.8. The molecule has 30 heavy (non-hydrogen) atoms. The average molecular weight is 423 g/mol. The quantitative estimate of drug-likeness (QED) is 0.566. The van der Waals surface area contributed by atoms with Crippen LogP contribution in [-0.2, 0) is 11.3 Å². The van der Waals surface area contributed by atoms with E-state index in [9.17, 15) is 4.79 Å². The van der Waals surface area contributed by atoms with Crippen molar-refractivity contribution in [2.24, 2.45) is 0 Å². The Morgan fingerprint density at radius 3 is 2.87 bits per heavy atom. The van der Waals surface area contributed by atoms with Crippen molar-refractivity contribution in [3.05, 3.63) is 54.6 Å². The molecule has 0 aliphatic carbocycles. The number of likely N-dealkylation sites (tertiary alicyclic amines) is 1. The molecule has 0 spiro atoms. The Hall–Kier alpha value is -2.97. The van der Waals surface area contributed by atoms with Crippen LogP contribution < -0.4 is 10.6 Å². The second-order valence-corrected chi connectivity index (χ2v) is 8.74. The Bertz CT molecular complexity index is 1030. The van der Waals surface area contributed by atoms with E-state index in [-0.39, 0.29) is 11.9 Å². The second-order valence-electron chi connectivity index (χ2n) is 7.71. The van der Waals surface area contributed by atoms with E-state index in [0.717, 1.165) is 52.1 Å². The maximum atomic E-state index is 11.9. The number of fused-ring (bicyclic) bond motifs is 1. The van der Waals surface area contributed by atoms with Crippen molar-refractivity contribution >= 4 is 44.2 Å². The van der Waals surface area contributed by atoms with Gasteiger partial charge in [-0.15, -0.1) is 0 Å². The van der Waals surface area contributed by atoms with Gasteiger partial charge in [0, 0.05) is 25.7 Å². The van der Waals surface area contributed by atoms with Crippen LogP contribution in [0.25, 0.3) is 10.2 Å². The van der Waals surface area contributed by atoms with Crippen LogP contribution in [0.4, 0.5) is 16.8 Å². The number of carbonyl (C=O) groups is 1. The largest absolute Gasteiger partial charge is 0.365 e. The first kappa shape index (κ1) is 20.3. The van der Waals surface area contributed by atoms with Crippen LogP contribution in [0.3, 0.4) is 0 Å². The van der Waals surface area contributed by atoms with Gasteiger partial charge < -0.3 is 20.4 Å². The lowest BCUT2D eigenvalue weighted by Crippen LogP contribution is -2.30. The van der Waals surface area contributed by atoms with Crippen LogP contribution in [-0.4, -0.2) is 58.9 Å². The number of pyridine rings is 1. The van der Waals surface area contributed by atoms with Gasteiger partial charge in [-0.25, -0.2) is 9.97 Å². The molecule has 156 valence electrons. The predicted molar refractivity (Wildman–Crippen MR) is 123 cm³/mol. The molecule has 3 heterocycles. The Balaban J connectivity index is 1.54. The molecule has 2 aromatic heterocycles. The third-order valence-electron chi connectivity index (χ3n) is 4.94. The number of benzene rings is 1. The fourth-order valence-corrected chi connectivity index (χ4v) is 4.51. The van der Waals surface area contributed by atoms with Gasteiger partial charge in [-0.2, -0.15) is 0 Å². The van der Waals surface area contributed by atoms with Crippen LogP contribution in [0.2, 0.25) is 0 Å². The van der Waals surface area contributed by atoms with Crippen LogP contribution in [0.5, 0.6) is 0 Å². The summed E-state index contributed by atoms with van der Waals surface area (Å²) in [5.41, 5.74) is 2.13. The molecule has 3 aromatic rings. The van der Waals surface area contributed by atoms with Crippen LogP contribution in [0.1, 0.15) is 12.0 Å². The van der Waals surface area contributed by atoms with E-state index in [0.29, 0.717) is 6.54 Å². The van der Waals surface area contributed by atoms with Crippen LogP contribution in [0.15, 0.2) is 49.1 Å². The van der Waals surface area contributed by atoms with E-state index in [1.54, 1.807) is 11.3 Å². The number of para-hydroxylation sites is 1. The summed E-state index contributed by atoms with van der Waals surface area (Å²) in [6.45, 7) is 5.77. The maximum Gasteiger partial charge on any atom is 0.246 e. The van der Waals surface area contributed by atoms with Crippen LogP contribution in [0, 0.1) is 0 Å². The molecule has 1 saturated heterocycles. The minimum absolute atomic E-state index is 0.0215. The molecule has 0 saturated carbocycles. The van der Waals surface area contributed by atoms with Crippen molar-refractivity contribution in [1.82, 2.24) is 19.8 Å². The highest BCUT2D eigenvalue weighted by molar-refractivity contribution is 7.22. The summed E-state index contributed by atoms with van der Waals surface area (Å²) in [4.78, 5) is 25.2. The highest BCUT2D eigenvalue weighted by Crippen LogP contribution is 2.28. The molecule has 2 N–H and O–H groups in total. The molecular formula is C22H26N6OS. The van der Waals surface area contributed by atoms with Gasteiger partial charge in [0.05, 0.1) is 10.2 Å². The third kappa shape index (κ3) is 4.77. The molecule has 1 aromatic carbocycles. The van der Waals surface area contributed by atoms with Gasteiger partial charge in [0.25, 0.3) is 0 Å². The monoisotopic (exact) mass is 422 g/mol. The number of nitrogens with one attached hydrogen (secondary N) is 2. The van der Waals surface area contributed by atoms with Gasteiger partial charge in [-0.1, -0.05) is 30.0 Å². The van der Waals surface area contributed by atoms with E-state index in [2.05, 4.69) is 45.3 Å². The molecule has 0 bridgehead atoms. The minimum Gasteiger partial charge on any atom is -0.365 e. The zero-order valence-electron chi connectivity index (χ0n) is 17.3. The first-order chi connectivity index (χ1) is 14.5. The topological polar surface area (TPSA) is 73.4 Å². The number of thiazole rings is 1. The van der Waals surface area contributed by atoms with Crippen molar-refractivity contribution in [2.45, 2.75) is 19.0 Å². The van der Waals surface area contributed by atoms with Crippen LogP contribution >= 0.6 is 11.3 Å². The van der Waals surface area contributed by atoms with E-state index in [1.165, 1.54) is 6.08 Å². The normalized spacial score (nSPS) is 16.2. The Morgan fingerprint density at radius 1 is 1.30 bits per heavy atom. The number of rotatable bonds is 7. The summed E-state index contributed by atoms with van der Waals surface area (Å²) in [6, 6.07) is 12.4. The molecule has 0 radical (unpaired) electrons. The number of nitrogens with zero attached hydrogens (tertiary/aromatic N) is 4. The molecule has 4 rings (SSSR count). The Kier molecular flexibility index (Phi) is 5.96. The first-order valence-electron chi connectivity index (χ1n) is 9.96. The van der Waals surface area contributed by atoms with Crippen molar-refractivity contribution in [3.8, 4) is 0 Å². The number of hydrogen-bond donors (Lipinski definition) is 2. The molecule has 7 nitrogen and oxygen atoms in total. The molecule has 1 amide bonds. The molecule has 8 heteroatoms. The number of hydrogen-bond acceptors (Lipinski definition) is 7. The van der Waals surface area contributed by atoms with Gasteiger partial charge in [0.15, 0.2) is 5.13 Å². The van der Waals surface area contributed by atoms with E-state index >= 15 is 0 Å².